The molecular weight excluding hydrogens is 188 g/mol. The van der Waals surface area contributed by atoms with E-state index in [0.717, 1.165) is 19.1 Å². The number of unbranched alkanes of at least 4 members (excludes halogenated alkanes) is 8. The molecule has 0 aliphatic rings. The summed E-state index contributed by atoms with van der Waals surface area (Å²) in [6.07, 6.45) is 12.9. The maximum absolute atomic E-state index is 8.97. The van der Waals surface area contributed by atoms with Crippen molar-refractivity contribution in [2.75, 3.05) is 0 Å². The Kier molecular flexibility index (Phi) is 10.9. The zero-order chi connectivity index (χ0) is 11.4. The van der Waals surface area contributed by atoms with Crippen LogP contribution in [0.5, 0.6) is 0 Å². The lowest BCUT2D eigenvalue weighted by atomic mass is 10.1. The highest BCUT2D eigenvalue weighted by Crippen LogP contribution is 2.11. The minimum atomic E-state index is 0.109. The van der Waals surface area contributed by atoms with E-state index in [9.17, 15) is 0 Å². The molecule has 0 aromatic carbocycles. The average molecular weight is 214 g/mol. The van der Waals surface area contributed by atoms with Gasteiger partial charge in [0.1, 0.15) is 12.0 Å². The molecule has 15 heavy (non-hydrogen) atoms. The summed E-state index contributed by atoms with van der Waals surface area (Å²) in [6.45, 7) is 2.24. The molecule has 2 heteroatoms. The summed E-state index contributed by atoms with van der Waals surface area (Å²) in [6, 6.07) is 0. The third kappa shape index (κ3) is 11.3. The topological polar surface area (TPSA) is 40.5 Å². The van der Waals surface area contributed by atoms with E-state index < -0.39 is 0 Å². The van der Waals surface area contributed by atoms with Crippen molar-refractivity contribution in [3.8, 4) is 0 Å². The third-order valence-corrected chi connectivity index (χ3v) is 2.69. The summed E-state index contributed by atoms with van der Waals surface area (Å²) in [4.78, 5) is 0. The summed E-state index contributed by atoms with van der Waals surface area (Å²) in [5, 5.41) is 17.4. The molecule has 0 spiro atoms. The highest BCUT2D eigenvalue weighted by molar-refractivity contribution is 4.82. The molecule has 2 N–H and O–H groups in total. The largest absolute Gasteiger partial charge is 0.512 e. The molecule has 90 valence electrons. The van der Waals surface area contributed by atoms with Crippen molar-refractivity contribution in [1.82, 2.24) is 0 Å². The summed E-state index contributed by atoms with van der Waals surface area (Å²) < 4.78 is 0. The van der Waals surface area contributed by atoms with Gasteiger partial charge in [0.2, 0.25) is 0 Å². The van der Waals surface area contributed by atoms with Gasteiger partial charge in [-0.05, 0) is 6.42 Å². The van der Waals surface area contributed by atoms with Gasteiger partial charge in [-0.3, -0.25) is 0 Å². The van der Waals surface area contributed by atoms with Gasteiger partial charge in [0.15, 0.2) is 0 Å². The van der Waals surface area contributed by atoms with E-state index in [1.165, 1.54) is 44.9 Å². The lowest BCUT2D eigenvalue weighted by molar-refractivity contribution is 0.338. The van der Waals surface area contributed by atoms with E-state index in [1.807, 2.05) is 0 Å². The van der Waals surface area contributed by atoms with Gasteiger partial charge in [-0.25, -0.2) is 0 Å². The van der Waals surface area contributed by atoms with Crippen LogP contribution in [0.25, 0.3) is 0 Å². The quantitative estimate of drug-likeness (QED) is 0.402. The van der Waals surface area contributed by atoms with Crippen LogP contribution in [0.1, 0.15) is 71.1 Å². The molecule has 0 unspecified atom stereocenters. The molecule has 0 amide bonds. The number of hydrogen-bond donors (Lipinski definition) is 2. The fraction of sp³-hybridized carbons (Fsp3) is 0.846. The molecular formula is C13H26O2. The van der Waals surface area contributed by atoms with Crippen LogP contribution in [-0.2, 0) is 0 Å². The minimum absolute atomic E-state index is 0.109. The molecule has 0 aromatic rings. The fourth-order valence-corrected chi connectivity index (χ4v) is 1.68. The predicted molar refractivity (Wildman–Crippen MR) is 65.2 cm³/mol. The first-order valence-electron chi connectivity index (χ1n) is 6.33. The van der Waals surface area contributed by atoms with Crippen LogP contribution in [0.4, 0.5) is 0 Å². The van der Waals surface area contributed by atoms with Crippen molar-refractivity contribution in [1.29, 1.82) is 0 Å². The minimum Gasteiger partial charge on any atom is -0.512 e. The van der Waals surface area contributed by atoms with Crippen LogP contribution in [0.2, 0.25) is 0 Å². The molecule has 0 heterocycles. The van der Waals surface area contributed by atoms with E-state index in [-0.39, 0.29) is 5.76 Å². The van der Waals surface area contributed by atoms with Gasteiger partial charge >= 0.3 is 0 Å². The average Bonchev–Trinajstić information content (AvgIpc) is 2.26. The third-order valence-electron chi connectivity index (χ3n) is 2.69. The molecule has 0 radical (unpaired) electrons. The monoisotopic (exact) mass is 214 g/mol. The summed E-state index contributed by atoms with van der Waals surface area (Å²) in [5.41, 5.74) is 0. The van der Waals surface area contributed by atoms with E-state index >= 15 is 0 Å². The fourth-order valence-electron chi connectivity index (χ4n) is 1.68. The van der Waals surface area contributed by atoms with Crippen molar-refractivity contribution < 1.29 is 10.2 Å². The Hall–Kier alpha value is -0.660. The molecule has 0 bridgehead atoms. The van der Waals surface area contributed by atoms with Crippen LogP contribution in [0, 0.1) is 0 Å². The number of hydrogen-bond acceptors (Lipinski definition) is 2. The van der Waals surface area contributed by atoms with Gasteiger partial charge in [-0.1, -0.05) is 58.3 Å². The summed E-state index contributed by atoms with van der Waals surface area (Å²) in [7, 11) is 0. The van der Waals surface area contributed by atoms with Crippen LogP contribution in [0.15, 0.2) is 12.0 Å². The highest BCUT2D eigenvalue weighted by atomic mass is 16.3. The van der Waals surface area contributed by atoms with E-state index in [4.69, 9.17) is 10.2 Å². The van der Waals surface area contributed by atoms with E-state index in [1.54, 1.807) is 0 Å². The van der Waals surface area contributed by atoms with Crippen molar-refractivity contribution in [3.05, 3.63) is 12.0 Å². The Labute approximate surface area is 94.0 Å². The summed E-state index contributed by atoms with van der Waals surface area (Å²) >= 11 is 0. The second-order valence-electron chi connectivity index (χ2n) is 4.20. The van der Waals surface area contributed by atoms with Crippen LogP contribution in [0.3, 0.4) is 0 Å². The Morgan fingerprint density at radius 3 is 1.80 bits per heavy atom. The molecule has 0 rings (SSSR count). The number of rotatable bonds is 10. The van der Waals surface area contributed by atoms with Gasteiger partial charge in [0, 0.05) is 6.42 Å². The van der Waals surface area contributed by atoms with Crippen LogP contribution < -0.4 is 0 Å². The first-order valence-corrected chi connectivity index (χ1v) is 6.33. The highest BCUT2D eigenvalue weighted by Gasteiger charge is 1.94. The Morgan fingerprint density at radius 1 is 0.867 bits per heavy atom. The Bertz CT molecular complexity index is 153. The first-order chi connectivity index (χ1) is 7.31. The maximum atomic E-state index is 8.97. The molecule has 0 saturated carbocycles. The molecule has 0 fully saturated rings. The summed E-state index contributed by atoms with van der Waals surface area (Å²) in [5.74, 6) is 0.109. The molecule has 2 nitrogen and oxygen atoms in total. The standard InChI is InChI=1S/C13H26O2/c1-2-3-4-5-6-7-8-9-10-11-13(15)12-14/h12,14-15H,2-11H2,1H3. The second kappa shape index (κ2) is 11.4. The molecule has 0 aliphatic heterocycles. The van der Waals surface area contributed by atoms with Gasteiger partial charge < -0.3 is 10.2 Å². The molecule has 0 aliphatic carbocycles. The number of aliphatic hydroxyl groups is 2. The van der Waals surface area contributed by atoms with Crippen LogP contribution in [-0.4, -0.2) is 10.2 Å². The zero-order valence-electron chi connectivity index (χ0n) is 10.0. The van der Waals surface area contributed by atoms with E-state index in [0.29, 0.717) is 6.42 Å². The molecule has 0 saturated heterocycles. The SMILES string of the molecule is CCCCCCCCCCCC(O)=CO. The zero-order valence-corrected chi connectivity index (χ0v) is 10.0. The first kappa shape index (κ1) is 14.3. The predicted octanol–water partition coefficient (Wildman–Crippen LogP) is 4.86. The lowest BCUT2D eigenvalue weighted by Gasteiger charge is -2.01. The van der Waals surface area contributed by atoms with Gasteiger partial charge in [0.25, 0.3) is 0 Å². The lowest BCUT2D eigenvalue weighted by Crippen LogP contribution is -1.84. The van der Waals surface area contributed by atoms with E-state index in [2.05, 4.69) is 6.92 Å². The van der Waals surface area contributed by atoms with Gasteiger partial charge in [0.05, 0.1) is 0 Å². The van der Waals surface area contributed by atoms with Crippen LogP contribution >= 0.6 is 0 Å². The number of allylic oxidation sites excluding steroid dienone is 1. The molecule has 0 aromatic heterocycles. The maximum Gasteiger partial charge on any atom is 0.126 e. The normalized spacial score (nSPS) is 11.9. The number of aliphatic hydroxyl groups excluding tert-OH is 2. The van der Waals surface area contributed by atoms with Gasteiger partial charge in [-0.15, -0.1) is 0 Å². The van der Waals surface area contributed by atoms with Crippen molar-refractivity contribution in [3.63, 3.8) is 0 Å². The Balaban J connectivity index is 2.99. The van der Waals surface area contributed by atoms with Crippen molar-refractivity contribution in [2.24, 2.45) is 0 Å². The second-order valence-corrected chi connectivity index (χ2v) is 4.20. The Morgan fingerprint density at radius 2 is 1.33 bits per heavy atom. The van der Waals surface area contributed by atoms with Crippen molar-refractivity contribution in [2.45, 2.75) is 71.1 Å². The van der Waals surface area contributed by atoms with Gasteiger partial charge in [-0.2, -0.15) is 0 Å². The smallest absolute Gasteiger partial charge is 0.126 e. The van der Waals surface area contributed by atoms with Crippen molar-refractivity contribution >= 4 is 0 Å². The molecule has 0 atom stereocenters.